The number of anilines is 1. The van der Waals surface area contributed by atoms with Crippen molar-refractivity contribution in [2.24, 2.45) is 11.8 Å². The molecule has 1 heterocycles. The van der Waals surface area contributed by atoms with Crippen molar-refractivity contribution >= 4 is 17.3 Å². The van der Waals surface area contributed by atoms with Crippen molar-refractivity contribution in [1.29, 1.82) is 0 Å². The second-order valence-electron chi connectivity index (χ2n) is 7.45. The zero-order valence-electron chi connectivity index (χ0n) is 13.6. The second-order valence-corrected chi connectivity index (χ2v) is 7.85. The maximum atomic E-state index is 6.36. The molecule has 0 bridgehead atoms. The highest BCUT2D eigenvalue weighted by Crippen LogP contribution is 2.42. The molecule has 0 aromatic heterocycles. The maximum absolute atomic E-state index is 6.36. The summed E-state index contributed by atoms with van der Waals surface area (Å²) in [6, 6.07) is 7.06. The van der Waals surface area contributed by atoms with Gasteiger partial charge >= 0.3 is 0 Å². The SMILES string of the molecule is Cc1ccc(N2CC(C)(C3CC3)NCC2C(C)C)cc1Cl. The smallest absolute Gasteiger partial charge is 0.0455 e. The molecule has 1 aliphatic heterocycles. The van der Waals surface area contributed by atoms with Gasteiger partial charge in [0.15, 0.2) is 0 Å². The molecule has 21 heavy (non-hydrogen) atoms. The fourth-order valence-electron chi connectivity index (χ4n) is 3.61. The molecule has 3 heteroatoms. The Kier molecular flexibility index (Phi) is 3.96. The van der Waals surface area contributed by atoms with Crippen molar-refractivity contribution in [2.75, 3.05) is 18.0 Å². The Labute approximate surface area is 133 Å². The Hall–Kier alpha value is -0.730. The lowest BCUT2D eigenvalue weighted by Crippen LogP contribution is -2.65. The Balaban J connectivity index is 1.91. The maximum Gasteiger partial charge on any atom is 0.0455 e. The van der Waals surface area contributed by atoms with Crippen LogP contribution in [0.4, 0.5) is 5.69 Å². The number of nitrogens with one attached hydrogen (secondary N) is 1. The van der Waals surface area contributed by atoms with E-state index < -0.39 is 0 Å². The van der Waals surface area contributed by atoms with E-state index in [0.717, 1.165) is 29.6 Å². The molecule has 116 valence electrons. The molecule has 2 atom stereocenters. The number of nitrogens with zero attached hydrogens (tertiary/aromatic N) is 1. The summed E-state index contributed by atoms with van der Waals surface area (Å²) in [5.74, 6) is 1.47. The molecule has 1 aromatic carbocycles. The zero-order valence-corrected chi connectivity index (χ0v) is 14.4. The molecule has 0 amide bonds. The van der Waals surface area contributed by atoms with Gasteiger partial charge in [-0.25, -0.2) is 0 Å². The number of hydrogen-bond acceptors (Lipinski definition) is 2. The summed E-state index contributed by atoms with van der Waals surface area (Å²) < 4.78 is 0. The van der Waals surface area contributed by atoms with E-state index in [1.807, 2.05) is 0 Å². The fourth-order valence-corrected chi connectivity index (χ4v) is 3.78. The highest BCUT2D eigenvalue weighted by Gasteiger charge is 2.46. The van der Waals surface area contributed by atoms with Gasteiger partial charge in [-0.15, -0.1) is 0 Å². The van der Waals surface area contributed by atoms with E-state index in [1.165, 1.54) is 18.5 Å². The number of benzene rings is 1. The van der Waals surface area contributed by atoms with Crippen LogP contribution in [0.1, 0.15) is 39.2 Å². The third-order valence-corrected chi connectivity index (χ3v) is 5.76. The quantitative estimate of drug-likeness (QED) is 0.898. The molecular formula is C18H27ClN2. The van der Waals surface area contributed by atoms with E-state index in [1.54, 1.807) is 0 Å². The van der Waals surface area contributed by atoms with Gasteiger partial charge in [0.05, 0.1) is 0 Å². The van der Waals surface area contributed by atoms with Crippen LogP contribution in [0, 0.1) is 18.8 Å². The number of rotatable bonds is 3. The zero-order chi connectivity index (χ0) is 15.2. The highest BCUT2D eigenvalue weighted by atomic mass is 35.5. The molecule has 1 saturated carbocycles. The number of piperazine rings is 1. The van der Waals surface area contributed by atoms with Crippen molar-refractivity contribution in [3.05, 3.63) is 28.8 Å². The topological polar surface area (TPSA) is 15.3 Å². The van der Waals surface area contributed by atoms with Gasteiger partial charge in [-0.05, 0) is 56.2 Å². The Morgan fingerprint density at radius 1 is 1.33 bits per heavy atom. The summed E-state index contributed by atoms with van der Waals surface area (Å²) in [4.78, 5) is 2.59. The summed E-state index contributed by atoms with van der Waals surface area (Å²) in [5, 5.41) is 4.72. The fraction of sp³-hybridized carbons (Fsp3) is 0.667. The van der Waals surface area contributed by atoms with E-state index in [-0.39, 0.29) is 5.54 Å². The first-order valence-corrected chi connectivity index (χ1v) is 8.56. The van der Waals surface area contributed by atoms with Crippen molar-refractivity contribution in [3.8, 4) is 0 Å². The number of hydrogen-bond donors (Lipinski definition) is 1. The van der Waals surface area contributed by atoms with E-state index >= 15 is 0 Å². The van der Waals surface area contributed by atoms with Crippen LogP contribution in [0.25, 0.3) is 0 Å². The van der Waals surface area contributed by atoms with Gasteiger partial charge in [-0.2, -0.15) is 0 Å². The lowest BCUT2D eigenvalue weighted by Gasteiger charge is -2.49. The predicted octanol–water partition coefficient (Wildman–Crippen LogP) is 4.25. The van der Waals surface area contributed by atoms with Gasteiger partial charge in [-0.1, -0.05) is 31.5 Å². The molecular weight excluding hydrogens is 280 g/mol. The Morgan fingerprint density at radius 3 is 2.62 bits per heavy atom. The van der Waals surface area contributed by atoms with Gasteiger partial charge < -0.3 is 10.2 Å². The third kappa shape index (κ3) is 2.93. The average Bonchev–Trinajstić information content (AvgIpc) is 3.26. The first kappa shape index (κ1) is 15.2. The van der Waals surface area contributed by atoms with Crippen molar-refractivity contribution in [1.82, 2.24) is 5.32 Å². The van der Waals surface area contributed by atoms with Crippen molar-refractivity contribution < 1.29 is 0 Å². The first-order chi connectivity index (χ1) is 9.90. The van der Waals surface area contributed by atoms with Crippen molar-refractivity contribution in [2.45, 2.75) is 52.1 Å². The summed E-state index contributed by atoms with van der Waals surface area (Å²) in [6.45, 7) is 11.2. The van der Waals surface area contributed by atoms with E-state index in [4.69, 9.17) is 11.6 Å². The monoisotopic (exact) mass is 306 g/mol. The van der Waals surface area contributed by atoms with Gasteiger partial charge in [0.25, 0.3) is 0 Å². The van der Waals surface area contributed by atoms with Crippen molar-refractivity contribution in [3.63, 3.8) is 0 Å². The van der Waals surface area contributed by atoms with E-state index in [2.05, 4.69) is 56.1 Å². The molecule has 2 fully saturated rings. The summed E-state index contributed by atoms with van der Waals surface area (Å²) in [6.07, 6.45) is 2.75. The molecule has 2 nitrogen and oxygen atoms in total. The number of halogens is 1. The first-order valence-electron chi connectivity index (χ1n) is 8.18. The van der Waals surface area contributed by atoms with Crippen LogP contribution in [0.15, 0.2) is 18.2 Å². The Bertz CT molecular complexity index is 524. The third-order valence-electron chi connectivity index (χ3n) is 5.35. The molecule has 1 saturated heterocycles. The van der Waals surface area contributed by atoms with Crippen LogP contribution >= 0.6 is 11.6 Å². The second kappa shape index (κ2) is 5.48. The summed E-state index contributed by atoms with van der Waals surface area (Å²) >= 11 is 6.36. The molecule has 2 unspecified atom stereocenters. The van der Waals surface area contributed by atoms with Crippen LogP contribution in [-0.2, 0) is 0 Å². The molecule has 1 N–H and O–H groups in total. The minimum atomic E-state index is 0.253. The van der Waals surface area contributed by atoms with Crippen LogP contribution in [0.3, 0.4) is 0 Å². The van der Waals surface area contributed by atoms with E-state index in [9.17, 15) is 0 Å². The van der Waals surface area contributed by atoms with Crippen LogP contribution < -0.4 is 10.2 Å². The molecule has 1 aliphatic carbocycles. The van der Waals surface area contributed by atoms with Crippen LogP contribution in [-0.4, -0.2) is 24.7 Å². The lowest BCUT2D eigenvalue weighted by atomic mass is 9.87. The van der Waals surface area contributed by atoms with Gasteiger partial charge in [0, 0.05) is 35.4 Å². The van der Waals surface area contributed by atoms with Gasteiger partial charge in [0.2, 0.25) is 0 Å². The summed E-state index contributed by atoms with van der Waals surface area (Å²) in [5.41, 5.74) is 2.68. The molecule has 1 aromatic rings. The minimum Gasteiger partial charge on any atom is -0.365 e. The highest BCUT2D eigenvalue weighted by molar-refractivity contribution is 6.31. The van der Waals surface area contributed by atoms with Gasteiger partial charge in [0.1, 0.15) is 0 Å². The normalized spacial score (nSPS) is 30.0. The van der Waals surface area contributed by atoms with Crippen LogP contribution in [0.2, 0.25) is 5.02 Å². The number of aryl methyl sites for hydroxylation is 1. The Morgan fingerprint density at radius 2 is 2.05 bits per heavy atom. The average molecular weight is 307 g/mol. The van der Waals surface area contributed by atoms with E-state index in [0.29, 0.717) is 12.0 Å². The molecule has 3 rings (SSSR count). The standard InChI is InChI=1S/C18H27ClN2/c1-12(2)17-10-20-18(4,14-6-7-14)11-21(17)15-8-5-13(3)16(19)9-15/h5,8-9,12,14,17,20H,6-7,10-11H2,1-4H3. The molecule has 0 spiro atoms. The largest absolute Gasteiger partial charge is 0.365 e. The summed E-state index contributed by atoms with van der Waals surface area (Å²) in [7, 11) is 0. The lowest BCUT2D eigenvalue weighted by molar-refractivity contribution is 0.233. The predicted molar refractivity (Wildman–Crippen MR) is 91.3 cm³/mol. The minimum absolute atomic E-state index is 0.253. The molecule has 0 radical (unpaired) electrons. The molecule has 2 aliphatic rings. The van der Waals surface area contributed by atoms with Gasteiger partial charge in [-0.3, -0.25) is 0 Å². The van der Waals surface area contributed by atoms with Crippen LogP contribution in [0.5, 0.6) is 0 Å².